The van der Waals surface area contributed by atoms with Gasteiger partial charge in [0, 0.05) is 18.0 Å². The largest absolute Gasteiger partial charge is 0.382 e. The molecule has 2 aromatic heterocycles. The first-order valence-corrected chi connectivity index (χ1v) is 4.39. The highest BCUT2D eigenvalue weighted by molar-refractivity contribution is 5.45. The lowest BCUT2D eigenvalue weighted by atomic mass is 10.3. The van der Waals surface area contributed by atoms with E-state index >= 15 is 0 Å². The van der Waals surface area contributed by atoms with Crippen molar-refractivity contribution in [3.63, 3.8) is 0 Å². The molecule has 0 saturated carbocycles. The number of rotatable bonds is 1. The molecule has 0 spiro atoms. The van der Waals surface area contributed by atoms with Gasteiger partial charge < -0.3 is 5.73 Å². The molecule has 2 rings (SSSR count). The Morgan fingerprint density at radius 1 is 1.53 bits per heavy atom. The van der Waals surface area contributed by atoms with E-state index in [0.717, 1.165) is 5.56 Å². The number of nitriles is 1. The zero-order valence-corrected chi connectivity index (χ0v) is 8.18. The van der Waals surface area contributed by atoms with Gasteiger partial charge in [-0.3, -0.25) is 0 Å². The number of nitrogen functional groups attached to an aromatic ring is 1. The van der Waals surface area contributed by atoms with Crippen LogP contribution in [-0.4, -0.2) is 14.8 Å². The lowest BCUT2D eigenvalue weighted by molar-refractivity contribution is 0.847. The molecule has 5 heteroatoms. The molecule has 0 unspecified atom stereocenters. The number of pyridine rings is 1. The number of anilines is 1. The fraction of sp³-hybridized carbons (Fsp3) is 0.100. The molecule has 2 heterocycles. The SMILES string of the molecule is Cc1cn(-c2ncccc2C#N)nc1N. The predicted octanol–water partition coefficient (Wildman–Crippen LogP) is 1.03. The Balaban J connectivity index is 2.59. The smallest absolute Gasteiger partial charge is 0.171 e. The average molecular weight is 199 g/mol. The topological polar surface area (TPSA) is 80.5 Å². The fourth-order valence-corrected chi connectivity index (χ4v) is 1.25. The number of nitrogens with two attached hydrogens (primary N) is 1. The third-order valence-corrected chi connectivity index (χ3v) is 2.06. The molecule has 74 valence electrons. The van der Waals surface area contributed by atoms with E-state index in [1.54, 1.807) is 24.5 Å². The van der Waals surface area contributed by atoms with E-state index in [4.69, 9.17) is 11.0 Å². The van der Waals surface area contributed by atoms with Crippen molar-refractivity contribution in [2.24, 2.45) is 0 Å². The van der Waals surface area contributed by atoms with E-state index in [2.05, 4.69) is 16.2 Å². The number of hydrogen-bond donors (Lipinski definition) is 1. The van der Waals surface area contributed by atoms with Crippen molar-refractivity contribution >= 4 is 5.82 Å². The number of aromatic nitrogens is 3. The second-order valence-corrected chi connectivity index (χ2v) is 3.13. The lowest BCUT2D eigenvalue weighted by Crippen LogP contribution is -2.01. The van der Waals surface area contributed by atoms with Gasteiger partial charge in [-0.25, -0.2) is 9.67 Å². The van der Waals surface area contributed by atoms with Gasteiger partial charge >= 0.3 is 0 Å². The lowest BCUT2D eigenvalue weighted by Gasteiger charge is -2.00. The Hall–Kier alpha value is -2.35. The molecule has 0 atom stereocenters. The molecule has 0 aliphatic carbocycles. The van der Waals surface area contributed by atoms with Gasteiger partial charge in [0.2, 0.25) is 0 Å². The highest BCUT2D eigenvalue weighted by Gasteiger charge is 2.08. The fourth-order valence-electron chi connectivity index (χ4n) is 1.25. The summed E-state index contributed by atoms with van der Waals surface area (Å²) in [7, 11) is 0. The molecule has 0 aromatic carbocycles. The Kier molecular flexibility index (Phi) is 2.10. The van der Waals surface area contributed by atoms with Crippen LogP contribution in [0.15, 0.2) is 24.5 Å². The average Bonchev–Trinajstić information content (AvgIpc) is 2.59. The van der Waals surface area contributed by atoms with Crippen LogP contribution in [0.25, 0.3) is 5.82 Å². The van der Waals surface area contributed by atoms with E-state index in [9.17, 15) is 0 Å². The van der Waals surface area contributed by atoms with Crippen LogP contribution < -0.4 is 5.73 Å². The van der Waals surface area contributed by atoms with Gasteiger partial charge in [0.1, 0.15) is 11.9 Å². The first-order chi connectivity index (χ1) is 7.22. The van der Waals surface area contributed by atoms with E-state index in [1.807, 2.05) is 6.92 Å². The normalized spacial score (nSPS) is 9.87. The maximum atomic E-state index is 8.89. The van der Waals surface area contributed by atoms with Crippen LogP contribution in [-0.2, 0) is 0 Å². The molecular formula is C10H9N5. The monoisotopic (exact) mass is 199 g/mol. The molecule has 2 aromatic rings. The second-order valence-electron chi connectivity index (χ2n) is 3.13. The summed E-state index contributed by atoms with van der Waals surface area (Å²) < 4.78 is 1.52. The Bertz CT molecular complexity index is 515. The van der Waals surface area contributed by atoms with Gasteiger partial charge in [-0.2, -0.15) is 5.26 Å². The number of hydrogen-bond acceptors (Lipinski definition) is 4. The van der Waals surface area contributed by atoms with Crippen LogP contribution >= 0.6 is 0 Å². The Morgan fingerprint density at radius 3 is 2.93 bits per heavy atom. The third kappa shape index (κ3) is 1.53. The summed E-state index contributed by atoms with van der Waals surface area (Å²) in [5, 5.41) is 13.0. The molecule has 0 aliphatic heterocycles. The van der Waals surface area contributed by atoms with Crippen LogP contribution in [0, 0.1) is 18.3 Å². The van der Waals surface area contributed by atoms with Crippen LogP contribution in [0.3, 0.4) is 0 Å². The standard InChI is InChI=1S/C10H9N5/c1-7-6-15(14-9(7)12)10-8(5-11)3-2-4-13-10/h2-4,6H,1H3,(H2,12,14). The summed E-state index contributed by atoms with van der Waals surface area (Å²) in [6.07, 6.45) is 3.36. The van der Waals surface area contributed by atoms with Gasteiger partial charge in [-0.15, -0.1) is 5.10 Å². The minimum Gasteiger partial charge on any atom is -0.382 e. The summed E-state index contributed by atoms with van der Waals surface area (Å²) in [5.41, 5.74) is 6.96. The highest BCUT2D eigenvalue weighted by atomic mass is 15.3. The van der Waals surface area contributed by atoms with E-state index < -0.39 is 0 Å². The zero-order chi connectivity index (χ0) is 10.8. The summed E-state index contributed by atoms with van der Waals surface area (Å²) in [5.74, 6) is 0.948. The molecule has 0 amide bonds. The van der Waals surface area contributed by atoms with Crippen molar-refractivity contribution in [2.45, 2.75) is 6.92 Å². The first kappa shape index (κ1) is 9.21. The Morgan fingerprint density at radius 2 is 2.33 bits per heavy atom. The van der Waals surface area contributed by atoms with Crippen molar-refractivity contribution in [3.05, 3.63) is 35.7 Å². The molecular weight excluding hydrogens is 190 g/mol. The van der Waals surface area contributed by atoms with Gasteiger partial charge in [0.05, 0.1) is 5.56 Å². The number of aryl methyl sites for hydroxylation is 1. The summed E-state index contributed by atoms with van der Waals surface area (Å²) in [6, 6.07) is 5.46. The van der Waals surface area contributed by atoms with Crippen molar-refractivity contribution in [1.29, 1.82) is 5.26 Å². The first-order valence-electron chi connectivity index (χ1n) is 4.39. The van der Waals surface area contributed by atoms with Crippen molar-refractivity contribution in [2.75, 3.05) is 5.73 Å². The van der Waals surface area contributed by atoms with Crippen LogP contribution in [0.1, 0.15) is 11.1 Å². The van der Waals surface area contributed by atoms with E-state index in [0.29, 0.717) is 17.2 Å². The second kappa shape index (κ2) is 3.42. The Labute approximate surface area is 86.8 Å². The highest BCUT2D eigenvalue weighted by Crippen LogP contribution is 2.13. The minimum absolute atomic E-state index is 0.449. The molecule has 15 heavy (non-hydrogen) atoms. The predicted molar refractivity (Wildman–Crippen MR) is 55.2 cm³/mol. The minimum atomic E-state index is 0.449. The quantitative estimate of drug-likeness (QED) is 0.743. The van der Waals surface area contributed by atoms with Crippen LogP contribution in [0.2, 0.25) is 0 Å². The van der Waals surface area contributed by atoms with Crippen molar-refractivity contribution in [1.82, 2.24) is 14.8 Å². The van der Waals surface area contributed by atoms with Gasteiger partial charge in [0.15, 0.2) is 5.82 Å². The van der Waals surface area contributed by atoms with Crippen LogP contribution in [0.5, 0.6) is 0 Å². The molecule has 0 bridgehead atoms. The molecule has 0 aliphatic rings. The van der Waals surface area contributed by atoms with E-state index in [1.165, 1.54) is 4.68 Å². The zero-order valence-electron chi connectivity index (χ0n) is 8.18. The maximum Gasteiger partial charge on any atom is 0.171 e. The molecule has 0 fully saturated rings. The molecule has 0 radical (unpaired) electrons. The van der Waals surface area contributed by atoms with E-state index in [-0.39, 0.29) is 0 Å². The molecule has 5 nitrogen and oxygen atoms in total. The molecule has 2 N–H and O–H groups in total. The van der Waals surface area contributed by atoms with Crippen LogP contribution in [0.4, 0.5) is 5.82 Å². The summed E-state index contributed by atoms with van der Waals surface area (Å²) in [6.45, 7) is 1.85. The van der Waals surface area contributed by atoms with Gasteiger partial charge in [0.25, 0.3) is 0 Å². The number of nitrogens with zero attached hydrogens (tertiary/aromatic N) is 4. The van der Waals surface area contributed by atoms with Gasteiger partial charge in [-0.1, -0.05) is 0 Å². The summed E-state index contributed by atoms with van der Waals surface area (Å²) in [4.78, 5) is 4.10. The maximum absolute atomic E-state index is 8.89. The van der Waals surface area contributed by atoms with Crippen molar-refractivity contribution in [3.8, 4) is 11.9 Å². The van der Waals surface area contributed by atoms with Crippen molar-refractivity contribution < 1.29 is 0 Å². The molecule has 0 saturated heterocycles. The summed E-state index contributed by atoms with van der Waals surface area (Å²) >= 11 is 0. The third-order valence-electron chi connectivity index (χ3n) is 2.06. The van der Waals surface area contributed by atoms with Gasteiger partial charge in [-0.05, 0) is 19.1 Å².